The lowest BCUT2D eigenvalue weighted by molar-refractivity contribution is -0.154. The van der Waals surface area contributed by atoms with Gasteiger partial charge >= 0.3 is 11.9 Å². The van der Waals surface area contributed by atoms with Crippen molar-refractivity contribution in [3.05, 3.63) is 25.3 Å². The van der Waals surface area contributed by atoms with Crippen LogP contribution in [0.4, 0.5) is 0 Å². The summed E-state index contributed by atoms with van der Waals surface area (Å²) in [5, 5.41) is 0. The molecular formula is C12H14O3. The number of allylic oxidation sites excluding steroid dienone is 2. The predicted octanol–water partition coefficient (Wildman–Crippen LogP) is 1.70. The normalized spacial score (nSPS) is 38.7. The SMILES string of the molecule is C=CC[C@@H]1C[C@H](C=C)[C@@H]2C(=O)OC(=O)[C@H]12. The van der Waals surface area contributed by atoms with Crippen LogP contribution in [0, 0.1) is 23.7 Å². The summed E-state index contributed by atoms with van der Waals surface area (Å²) in [4.78, 5) is 23.0. The van der Waals surface area contributed by atoms with Crippen LogP contribution in [0.3, 0.4) is 0 Å². The third-order valence-electron chi connectivity index (χ3n) is 3.45. The Morgan fingerprint density at radius 2 is 1.93 bits per heavy atom. The smallest absolute Gasteiger partial charge is 0.318 e. The van der Waals surface area contributed by atoms with Gasteiger partial charge in [0.05, 0.1) is 11.8 Å². The van der Waals surface area contributed by atoms with Crippen molar-refractivity contribution in [2.45, 2.75) is 12.8 Å². The summed E-state index contributed by atoms with van der Waals surface area (Å²) in [6, 6.07) is 0. The second-order valence-corrected chi connectivity index (χ2v) is 4.21. The quantitative estimate of drug-likeness (QED) is 0.401. The van der Waals surface area contributed by atoms with Crippen molar-refractivity contribution in [3.8, 4) is 0 Å². The van der Waals surface area contributed by atoms with E-state index in [1.54, 1.807) is 12.2 Å². The number of esters is 2. The van der Waals surface area contributed by atoms with Crippen LogP contribution in [0.2, 0.25) is 0 Å². The minimum Gasteiger partial charge on any atom is -0.393 e. The van der Waals surface area contributed by atoms with Crippen LogP contribution in [-0.4, -0.2) is 11.9 Å². The van der Waals surface area contributed by atoms with E-state index in [1.807, 2.05) is 0 Å². The fraction of sp³-hybridized carbons (Fsp3) is 0.500. The zero-order valence-electron chi connectivity index (χ0n) is 8.52. The third kappa shape index (κ3) is 1.42. The van der Waals surface area contributed by atoms with Crippen LogP contribution in [0.15, 0.2) is 25.3 Å². The highest BCUT2D eigenvalue weighted by atomic mass is 16.6. The molecular weight excluding hydrogens is 192 g/mol. The summed E-state index contributed by atoms with van der Waals surface area (Å²) in [6.45, 7) is 7.38. The highest BCUT2D eigenvalue weighted by Crippen LogP contribution is 2.48. The van der Waals surface area contributed by atoms with E-state index < -0.39 is 0 Å². The fourth-order valence-corrected chi connectivity index (χ4v) is 2.80. The third-order valence-corrected chi connectivity index (χ3v) is 3.45. The first-order valence-corrected chi connectivity index (χ1v) is 5.18. The van der Waals surface area contributed by atoms with Gasteiger partial charge in [0, 0.05) is 0 Å². The van der Waals surface area contributed by atoms with E-state index in [2.05, 4.69) is 17.9 Å². The maximum Gasteiger partial charge on any atom is 0.318 e. The number of carbonyl (C=O) groups excluding carboxylic acids is 2. The maximum atomic E-state index is 11.5. The topological polar surface area (TPSA) is 43.4 Å². The fourth-order valence-electron chi connectivity index (χ4n) is 2.80. The molecule has 4 atom stereocenters. The molecule has 3 nitrogen and oxygen atoms in total. The molecule has 2 rings (SSSR count). The summed E-state index contributed by atoms with van der Waals surface area (Å²) in [5.41, 5.74) is 0. The van der Waals surface area contributed by atoms with E-state index in [0.717, 1.165) is 12.8 Å². The Bertz CT molecular complexity index is 332. The largest absolute Gasteiger partial charge is 0.393 e. The number of cyclic esters (lactones) is 2. The minimum atomic E-state index is -0.374. The number of carbonyl (C=O) groups is 2. The number of hydrogen-bond acceptors (Lipinski definition) is 3. The molecule has 2 aliphatic rings. The number of hydrogen-bond donors (Lipinski definition) is 0. The lowest BCUT2D eigenvalue weighted by Crippen LogP contribution is -2.19. The molecule has 1 saturated carbocycles. The second kappa shape index (κ2) is 3.65. The van der Waals surface area contributed by atoms with Crippen LogP contribution in [0.25, 0.3) is 0 Å². The van der Waals surface area contributed by atoms with Crippen molar-refractivity contribution in [1.29, 1.82) is 0 Å². The van der Waals surface area contributed by atoms with Crippen molar-refractivity contribution in [1.82, 2.24) is 0 Å². The molecule has 80 valence electrons. The van der Waals surface area contributed by atoms with E-state index >= 15 is 0 Å². The summed E-state index contributed by atoms with van der Waals surface area (Å²) >= 11 is 0. The first-order chi connectivity index (χ1) is 7.19. The highest BCUT2D eigenvalue weighted by molar-refractivity contribution is 5.97. The van der Waals surface area contributed by atoms with Crippen molar-refractivity contribution < 1.29 is 14.3 Å². The van der Waals surface area contributed by atoms with E-state index in [9.17, 15) is 9.59 Å². The average Bonchev–Trinajstić information content (AvgIpc) is 2.69. The van der Waals surface area contributed by atoms with Crippen molar-refractivity contribution in [2.75, 3.05) is 0 Å². The molecule has 1 aliphatic carbocycles. The summed E-state index contributed by atoms with van der Waals surface area (Å²) < 4.78 is 4.68. The number of rotatable bonds is 3. The van der Waals surface area contributed by atoms with Gasteiger partial charge in [0.15, 0.2) is 0 Å². The van der Waals surface area contributed by atoms with Crippen LogP contribution in [0.5, 0.6) is 0 Å². The van der Waals surface area contributed by atoms with Crippen molar-refractivity contribution >= 4 is 11.9 Å². The Hall–Kier alpha value is -1.38. The first kappa shape index (κ1) is 10.1. The standard InChI is InChI=1S/C12H14O3/c1-3-5-8-6-7(4-2)9-10(8)12(14)15-11(9)13/h3-4,7-10H,1-2,5-6H2/t7-,8+,9-,10+/m0/s1. The summed E-state index contributed by atoms with van der Waals surface area (Å²) in [7, 11) is 0. The van der Waals surface area contributed by atoms with Gasteiger partial charge in [0.2, 0.25) is 0 Å². The molecule has 1 saturated heterocycles. The predicted molar refractivity (Wildman–Crippen MR) is 54.7 cm³/mol. The number of fused-ring (bicyclic) bond motifs is 1. The molecule has 0 radical (unpaired) electrons. The lowest BCUT2D eigenvalue weighted by Gasteiger charge is -2.10. The van der Waals surface area contributed by atoms with Crippen LogP contribution >= 0.6 is 0 Å². The Morgan fingerprint density at radius 1 is 1.27 bits per heavy atom. The van der Waals surface area contributed by atoms with Gasteiger partial charge < -0.3 is 4.74 Å². The molecule has 0 N–H and O–H groups in total. The molecule has 0 aromatic rings. The van der Waals surface area contributed by atoms with Crippen LogP contribution in [-0.2, 0) is 14.3 Å². The molecule has 3 heteroatoms. The molecule has 0 amide bonds. The molecule has 0 bridgehead atoms. The molecule has 1 heterocycles. The van der Waals surface area contributed by atoms with Gasteiger partial charge in [-0.3, -0.25) is 9.59 Å². The van der Waals surface area contributed by atoms with Gasteiger partial charge in [-0.25, -0.2) is 0 Å². The summed E-state index contributed by atoms with van der Waals surface area (Å²) in [6.07, 6.45) is 5.16. The number of ether oxygens (including phenoxy) is 1. The second-order valence-electron chi connectivity index (χ2n) is 4.21. The van der Waals surface area contributed by atoms with Crippen LogP contribution in [0.1, 0.15) is 12.8 Å². The van der Waals surface area contributed by atoms with Gasteiger partial charge in [0.1, 0.15) is 0 Å². The molecule has 0 aromatic heterocycles. The van der Waals surface area contributed by atoms with Gasteiger partial charge in [-0.1, -0.05) is 12.2 Å². The lowest BCUT2D eigenvalue weighted by atomic mass is 9.88. The van der Waals surface area contributed by atoms with E-state index in [4.69, 9.17) is 0 Å². The Labute approximate surface area is 88.8 Å². The molecule has 0 aromatic carbocycles. The van der Waals surface area contributed by atoms with Gasteiger partial charge in [0.25, 0.3) is 0 Å². The minimum absolute atomic E-state index is 0.0823. The molecule has 15 heavy (non-hydrogen) atoms. The Kier molecular flexibility index (Phi) is 2.47. The van der Waals surface area contributed by atoms with Gasteiger partial charge in [-0.2, -0.15) is 0 Å². The van der Waals surface area contributed by atoms with E-state index in [0.29, 0.717) is 0 Å². The van der Waals surface area contributed by atoms with E-state index in [1.165, 1.54) is 0 Å². The Morgan fingerprint density at radius 3 is 2.53 bits per heavy atom. The first-order valence-electron chi connectivity index (χ1n) is 5.18. The van der Waals surface area contributed by atoms with E-state index in [-0.39, 0.29) is 35.6 Å². The summed E-state index contributed by atoms with van der Waals surface area (Å²) in [5.74, 6) is -1.02. The zero-order valence-corrected chi connectivity index (χ0v) is 8.52. The van der Waals surface area contributed by atoms with Gasteiger partial charge in [-0.05, 0) is 24.7 Å². The maximum absolute atomic E-state index is 11.5. The molecule has 0 spiro atoms. The van der Waals surface area contributed by atoms with Crippen molar-refractivity contribution in [3.63, 3.8) is 0 Å². The van der Waals surface area contributed by atoms with Crippen molar-refractivity contribution in [2.24, 2.45) is 23.7 Å². The average molecular weight is 206 g/mol. The zero-order chi connectivity index (χ0) is 11.0. The highest BCUT2D eigenvalue weighted by Gasteiger charge is 2.55. The monoisotopic (exact) mass is 206 g/mol. The molecule has 1 aliphatic heterocycles. The molecule has 2 fully saturated rings. The van der Waals surface area contributed by atoms with Crippen LogP contribution < -0.4 is 0 Å². The molecule has 0 unspecified atom stereocenters. The van der Waals surface area contributed by atoms with Gasteiger partial charge in [-0.15, -0.1) is 13.2 Å². The Balaban J connectivity index is 2.27.